The number of hydrogen-bond donors (Lipinski definition) is 2. The van der Waals surface area contributed by atoms with Crippen molar-refractivity contribution in [2.75, 3.05) is 0 Å². The maximum atomic E-state index is 12.1. The Kier molecular flexibility index (Phi) is 13.4. The zero-order valence-corrected chi connectivity index (χ0v) is 35.8. The van der Waals surface area contributed by atoms with E-state index in [1.54, 1.807) is 12.1 Å². The number of benzene rings is 5. The summed E-state index contributed by atoms with van der Waals surface area (Å²) in [6.07, 6.45) is 9.32. The van der Waals surface area contributed by atoms with Crippen molar-refractivity contribution in [3.8, 4) is 11.1 Å². The molecule has 9 rings (SSSR count). The van der Waals surface area contributed by atoms with Crippen LogP contribution in [0.1, 0.15) is 70.6 Å². The molecule has 0 radical (unpaired) electrons. The van der Waals surface area contributed by atoms with Gasteiger partial charge in [0.2, 0.25) is 11.6 Å². The number of fused-ring (bicyclic) bond motifs is 10. The molecule has 1 heterocycles. The number of halogens is 4. The molecule has 0 amide bonds. The van der Waals surface area contributed by atoms with Crippen LogP contribution in [0.25, 0.3) is 43.7 Å². The first-order valence-electron chi connectivity index (χ1n) is 17.1. The molecule has 8 nitrogen and oxygen atoms in total. The summed E-state index contributed by atoms with van der Waals surface area (Å²) in [4.78, 5) is 34.2. The summed E-state index contributed by atoms with van der Waals surface area (Å²) in [6, 6.07) is 24.3. The first-order valence-corrected chi connectivity index (χ1v) is 21.2. The Bertz CT molecular complexity index is 2280. The molecule has 1 saturated carbocycles. The van der Waals surface area contributed by atoms with Gasteiger partial charge in [0, 0.05) is 51.9 Å². The van der Waals surface area contributed by atoms with E-state index >= 15 is 0 Å². The first-order chi connectivity index (χ1) is 25.5. The third-order valence-corrected chi connectivity index (χ3v) is 11.7. The van der Waals surface area contributed by atoms with Crippen LogP contribution in [0.3, 0.4) is 0 Å². The van der Waals surface area contributed by atoms with E-state index in [1.165, 1.54) is 58.6 Å². The number of rotatable bonds is 0. The average Bonchev–Trinajstić information content (AvgIpc) is 3.15. The number of hydrogen-bond acceptors (Lipinski definition) is 8. The van der Waals surface area contributed by atoms with Gasteiger partial charge in [0.05, 0.1) is 22.4 Å². The Hall–Kier alpha value is -2.74. The summed E-state index contributed by atoms with van der Waals surface area (Å²) >= 11 is 12.4. The van der Waals surface area contributed by atoms with Crippen molar-refractivity contribution in [3.63, 3.8) is 0 Å². The van der Waals surface area contributed by atoms with Crippen LogP contribution in [0.2, 0.25) is 0 Å². The minimum absolute atomic E-state index is 0.281. The van der Waals surface area contributed by atoms with Gasteiger partial charge in [-0.05, 0) is 109 Å². The van der Waals surface area contributed by atoms with Crippen molar-refractivity contribution in [2.45, 2.75) is 63.5 Å². The Balaban J connectivity index is 0.000000145. The number of nitrogens with zero attached hydrogens (tertiary/aromatic N) is 2. The fourth-order valence-corrected chi connectivity index (χ4v) is 8.52. The van der Waals surface area contributed by atoms with Crippen LogP contribution in [0.4, 0.5) is 0 Å². The molecule has 1 fully saturated rings. The number of nitrogens with two attached hydrogens (primary N) is 2. The fourth-order valence-electron chi connectivity index (χ4n) is 7.07. The van der Waals surface area contributed by atoms with Crippen LogP contribution in [0, 0.1) is 0 Å². The summed E-state index contributed by atoms with van der Waals surface area (Å²) in [7, 11) is 0. The van der Waals surface area contributed by atoms with Crippen LogP contribution < -0.4 is 11.5 Å². The fraction of sp³-hybridized carbons (Fsp3) is 0.250. The number of aryl methyl sites for hydroxylation is 2. The Labute approximate surface area is 346 Å². The molecule has 273 valence electrons. The standard InChI is InChI=1S/C20H14Br2N2.C14H6Br2O2.C6H14N2.Mn.2O/c21-11-5-7-13-14-8-6-12(22)10-16(14)20-19(15(13)9-11)23-17-3-1-2-4-18(17)24-20;15-7-1-3-9-10-4-2-8(16)6-12(10)14(18)13(17)11(9)5-7;7-5-3-1-2-4-6(5)8;;;/h5-10H,1-4H2;1-6H;5-6H,1-4,7-8H2;;;. The second-order valence-electron chi connectivity index (χ2n) is 13.1. The van der Waals surface area contributed by atoms with Gasteiger partial charge in [-0.15, -0.1) is 0 Å². The monoisotopic (exact) mass is 1000 g/mol. The second-order valence-corrected chi connectivity index (χ2v) is 17.0. The predicted octanol–water partition coefficient (Wildman–Crippen LogP) is 10.6. The minimum atomic E-state index is -1.44. The molecular weight excluding hydrogens is 975 g/mol. The van der Waals surface area contributed by atoms with E-state index in [9.17, 15) is 9.59 Å². The van der Waals surface area contributed by atoms with E-state index in [0.29, 0.717) is 11.1 Å². The molecule has 4 N–H and O–H groups in total. The van der Waals surface area contributed by atoms with Crippen LogP contribution in [-0.2, 0) is 35.3 Å². The number of carbonyl (C=O) groups is 2. The average molecular weight is 1010 g/mol. The first kappa shape index (κ1) is 39.9. The molecule has 0 saturated heterocycles. The molecule has 3 aliphatic carbocycles. The molecule has 0 aliphatic heterocycles. The van der Waals surface area contributed by atoms with Crippen LogP contribution in [0.15, 0.2) is 90.7 Å². The molecule has 0 spiro atoms. The number of carbonyl (C=O) groups excluding carboxylic acids is 2. The van der Waals surface area contributed by atoms with Gasteiger partial charge in [-0.1, -0.05) is 101 Å². The predicted molar refractivity (Wildman–Crippen MR) is 218 cm³/mol. The maximum absolute atomic E-state index is 12.1. The molecular formula is C40H34Br4MnN4O4. The van der Waals surface area contributed by atoms with E-state index in [-0.39, 0.29) is 12.1 Å². The molecule has 5 aromatic carbocycles. The second kappa shape index (κ2) is 17.8. The normalized spacial score (nSPS) is 17.2. The van der Waals surface area contributed by atoms with Gasteiger partial charge >= 0.3 is 22.5 Å². The molecule has 2 unspecified atom stereocenters. The number of Topliss-reactive ketones (excluding diaryl/α,β-unsaturated/α-hetero) is 2. The molecule has 1 aromatic heterocycles. The molecule has 53 heavy (non-hydrogen) atoms. The summed E-state index contributed by atoms with van der Waals surface area (Å²) in [5, 5.41) is 4.82. The Morgan fingerprint density at radius 2 is 0.868 bits per heavy atom. The van der Waals surface area contributed by atoms with Crippen molar-refractivity contribution in [3.05, 3.63) is 113 Å². The Morgan fingerprint density at radius 1 is 0.509 bits per heavy atom. The zero-order valence-electron chi connectivity index (χ0n) is 28.3. The van der Waals surface area contributed by atoms with Crippen molar-refractivity contribution in [2.24, 2.45) is 11.5 Å². The van der Waals surface area contributed by atoms with E-state index in [1.807, 2.05) is 24.3 Å². The van der Waals surface area contributed by atoms with Crippen molar-refractivity contribution in [1.82, 2.24) is 9.97 Å². The molecule has 13 heteroatoms. The van der Waals surface area contributed by atoms with Crippen molar-refractivity contribution >= 4 is 108 Å². The van der Waals surface area contributed by atoms with Crippen LogP contribution in [-0.4, -0.2) is 33.6 Å². The SMILES string of the molecule is Brc1ccc2c3ccc(Br)cc3c3nc4c(nc3c2c1)CCCC4.NC1CCCCC1N.O=C1C(=O)c2cc(Br)ccc2-c2ccc(Br)cc21.[O]=[Mn]=[O]. The van der Waals surface area contributed by atoms with E-state index in [0.717, 1.165) is 65.7 Å². The summed E-state index contributed by atoms with van der Waals surface area (Å²) in [5.41, 5.74) is 18.3. The van der Waals surface area contributed by atoms with Gasteiger partial charge in [-0.25, -0.2) is 9.97 Å². The topological polar surface area (TPSA) is 146 Å². The zero-order chi connectivity index (χ0) is 37.8. The van der Waals surface area contributed by atoms with Gasteiger partial charge < -0.3 is 11.5 Å². The van der Waals surface area contributed by atoms with E-state index < -0.39 is 26.4 Å². The van der Waals surface area contributed by atoms with Gasteiger partial charge in [0.1, 0.15) is 0 Å². The summed E-state index contributed by atoms with van der Waals surface area (Å²) < 4.78 is 20.6. The van der Waals surface area contributed by atoms with E-state index in [2.05, 4.69) is 100 Å². The molecule has 3 aliphatic rings. The van der Waals surface area contributed by atoms with Gasteiger partial charge in [-0.3, -0.25) is 9.59 Å². The van der Waals surface area contributed by atoms with Crippen LogP contribution in [0.5, 0.6) is 0 Å². The third-order valence-electron chi connectivity index (χ3n) is 9.72. The van der Waals surface area contributed by atoms with Gasteiger partial charge in [0.15, 0.2) is 0 Å². The quantitative estimate of drug-likeness (QED) is 0.0869. The molecule has 0 bridgehead atoms. The number of ketones is 2. The summed E-state index contributed by atoms with van der Waals surface area (Å²) in [6.45, 7) is 0. The van der Waals surface area contributed by atoms with Gasteiger partial charge in [0.25, 0.3) is 0 Å². The molecule has 2 atom stereocenters. The van der Waals surface area contributed by atoms with Crippen molar-refractivity contribution < 1.29 is 32.1 Å². The van der Waals surface area contributed by atoms with Crippen LogP contribution >= 0.6 is 63.7 Å². The van der Waals surface area contributed by atoms with Crippen molar-refractivity contribution in [1.29, 1.82) is 0 Å². The third kappa shape index (κ3) is 8.89. The van der Waals surface area contributed by atoms with E-state index in [4.69, 9.17) is 29.1 Å². The summed E-state index contributed by atoms with van der Waals surface area (Å²) in [5.74, 6) is -0.895. The molecule has 6 aromatic rings. The Morgan fingerprint density at radius 3 is 1.25 bits per heavy atom. The number of aromatic nitrogens is 2. The van der Waals surface area contributed by atoms with Gasteiger partial charge in [-0.2, -0.15) is 0 Å².